The van der Waals surface area contributed by atoms with E-state index in [1.807, 2.05) is 36.8 Å². The van der Waals surface area contributed by atoms with Gasteiger partial charge in [0, 0.05) is 37.2 Å². The predicted octanol–water partition coefficient (Wildman–Crippen LogP) is 0.870. The zero-order valence-electron chi connectivity index (χ0n) is 8.83. The normalized spacial score (nSPS) is 11.8. The maximum atomic E-state index is 4.69. The Hall–Kier alpha value is -2.02. The van der Waals surface area contributed by atoms with Crippen molar-refractivity contribution < 1.29 is 0 Å². The average molecular weight is 246 g/mol. The Morgan fingerprint density at radius 1 is 0.706 bits per heavy atom. The van der Waals surface area contributed by atoms with Gasteiger partial charge in [-0.3, -0.25) is 0 Å². The van der Waals surface area contributed by atoms with Gasteiger partial charge in [-0.05, 0) is 18.2 Å². The highest BCUT2D eigenvalue weighted by atomic mass is 32.1. The largest absolute Gasteiger partial charge is 0.297 e. The maximum absolute atomic E-state index is 4.69. The summed E-state index contributed by atoms with van der Waals surface area (Å²) >= 11 is 4.69. The van der Waals surface area contributed by atoms with Crippen molar-refractivity contribution in [1.29, 1.82) is 0 Å². The molecule has 0 radical (unpaired) electrons. The smallest absolute Gasteiger partial charge is 0.216 e. The number of aromatic nitrogens is 6. The van der Waals surface area contributed by atoms with Gasteiger partial charge >= 0.3 is 0 Å². The summed E-state index contributed by atoms with van der Waals surface area (Å²) < 4.78 is 5.03. The first-order valence-corrected chi connectivity index (χ1v) is 5.49. The molecular weight excluding hydrogens is 236 g/mol. The minimum Gasteiger partial charge on any atom is -0.216 e. The zero-order valence-corrected chi connectivity index (χ0v) is 9.72. The summed E-state index contributed by atoms with van der Waals surface area (Å²) in [7, 11) is 0. The average Bonchev–Trinajstić information content (AvgIpc) is 3.10. The minimum atomic E-state index is -0.920. The van der Waals surface area contributed by atoms with Crippen LogP contribution in [0.4, 0.5) is 0 Å². The highest BCUT2D eigenvalue weighted by molar-refractivity contribution is 7.81. The minimum absolute atomic E-state index is 0.920. The molecule has 3 aromatic heterocycles. The van der Waals surface area contributed by atoms with E-state index in [4.69, 9.17) is 0 Å². The standard InChI is InChI=1S/C10H10N6S/c17-10(14-7-1-4-11-14,15-8-2-5-12-15)16-9-3-6-13-16/h1-9,17H. The molecule has 3 rings (SSSR count). The van der Waals surface area contributed by atoms with Gasteiger partial charge in [0.25, 0.3) is 5.12 Å². The summed E-state index contributed by atoms with van der Waals surface area (Å²) in [6, 6.07) is 5.49. The van der Waals surface area contributed by atoms with E-state index in [1.165, 1.54) is 0 Å². The van der Waals surface area contributed by atoms with Gasteiger partial charge in [-0.15, -0.1) is 12.6 Å². The summed E-state index contributed by atoms with van der Waals surface area (Å²) in [4.78, 5) is 0. The Morgan fingerprint density at radius 3 is 1.29 bits per heavy atom. The third-order valence-corrected chi connectivity index (χ3v) is 3.05. The lowest BCUT2D eigenvalue weighted by molar-refractivity contribution is 0.240. The number of rotatable bonds is 3. The second-order valence-corrected chi connectivity index (χ2v) is 4.05. The molecule has 0 aliphatic carbocycles. The van der Waals surface area contributed by atoms with Crippen molar-refractivity contribution in [3.05, 3.63) is 55.4 Å². The van der Waals surface area contributed by atoms with Crippen molar-refractivity contribution in [1.82, 2.24) is 29.3 Å². The van der Waals surface area contributed by atoms with Crippen molar-refractivity contribution >= 4 is 12.6 Å². The van der Waals surface area contributed by atoms with Crippen LogP contribution in [0.15, 0.2) is 55.4 Å². The third kappa shape index (κ3) is 1.47. The van der Waals surface area contributed by atoms with Crippen LogP contribution in [0.25, 0.3) is 0 Å². The summed E-state index contributed by atoms with van der Waals surface area (Å²) in [5.74, 6) is 0. The van der Waals surface area contributed by atoms with Crippen LogP contribution >= 0.6 is 12.6 Å². The van der Waals surface area contributed by atoms with Crippen LogP contribution in [0, 0.1) is 0 Å². The molecule has 0 atom stereocenters. The van der Waals surface area contributed by atoms with Gasteiger partial charge in [-0.2, -0.15) is 15.3 Å². The van der Waals surface area contributed by atoms with Gasteiger partial charge < -0.3 is 0 Å². The van der Waals surface area contributed by atoms with Crippen molar-refractivity contribution in [3.63, 3.8) is 0 Å². The summed E-state index contributed by atoms with van der Waals surface area (Å²) in [5, 5.41) is 11.7. The van der Waals surface area contributed by atoms with Crippen LogP contribution in [-0.2, 0) is 5.12 Å². The van der Waals surface area contributed by atoms with E-state index in [-0.39, 0.29) is 0 Å². The molecule has 6 nitrogen and oxygen atoms in total. The van der Waals surface area contributed by atoms with Crippen LogP contribution in [0.5, 0.6) is 0 Å². The molecule has 0 spiro atoms. The lowest BCUT2D eigenvalue weighted by atomic mass is 10.6. The fourth-order valence-corrected chi connectivity index (χ4v) is 2.01. The molecule has 0 amide bonds. The van der Waals surface area contributed by atoms with Crippen molar-refractivity contribution in [2.45, 2.75) is 5.12 Å². The molecule has 3 aromatic rings. The van der Waals surface area contributed by atoms with Crippen LogP contribution in [0.3, 0.4) is 0 Å². The van der Waals surface area contributed by atoms with E-state index in [9.17, 15) is 0 Å². The van der Waals surface area contributed by atoms with Gasteiger partial charge in [0.15, 0.2) is 0 Å². The first kappa shape index (κ1) is 10.2. The van der Waals surface area contributed by atoms with E-state index in [0.29, 0.717) is 0 Å². The number of thiol groups is 1. The van der Waals surface area contributed by atoms with Gasteiger partial charge in [0.1, 0.15) is 0 Å². The molecule has 86 valence electrons. The Bertz CT molecular complexity index is 484. The molecule has 17 heavy (non-hydrogen) atoms. The molecule has 0 saturated carbocycles. The first-order chi connectivity index (χ1) is 8.32. The topological polar surface area (TPSA) is 53.5 Å². The van der Waals surface area contributed by atoms with Crippen molar-refractivity contribution in [2.75, 3.05) is 0 Å². The number of hydrogen-bond donors (Lipinski definition) is 1. The van der Waals surface area contributed by atoms with E-state index in [0.717, 1.165) is 0 Å². The highest BCUT2D eigenvalue weighted by Crippen LogP contribution is 2.23. The zero-order chi connectivity index (χ0) is 11.7. The van der Waals surface area contributed by atoms with Crippen LogP contribution < -0.4 is 0 Å². The third-order valence-electron chi connectivity index (χ3n) is 2.44. The summed E-state index contributed by atoms with van der Waals surface area (Å²) in [5.41, 5.74) is 0. The Morgan fingerprint density at radius 2 is 1.06 bits per heavy atom. The molecule has 0 unspecified atom stereocenters. The lowest BCUT2D eigenvalue weighted by Crippen LogP contribution is -2.44. The monoisotopic (exact) mass is 246 g/mol. The molecule has 0 aliphatic heterocycles. The lowest BCUT2D eigenvalue weighted by Gasteiger charge is -2.29. The summed E-state index contributed by atoms with van der Waals surface area (Å²) in [6.07, 6.45) is 10.5. The van der Waals surface area contributed by atoms with E-state index < -0.39 is 5.12 Å². The Kier molecular flexibility index (Phi) is 2.25. The van der Waals surface area contributed by atoms with E-state index in [2.05, 4.69) is 27.9 Å². The molecule has 0 aromatic carbocycles. The SMILES string of the molecule is SC(n1cccn1)(n1cccn1)n1cccn1. The first-order valence-electron chi connectivity index (χ1n) is 5.04. The van der Waals surface area contributed by atoms with Crippen molar-refractivity contribution in [3.8, 4) is 0 Å². The molecular formula is C10H10N6S. The molecule has 0 fully saturated rings. The van der Waals surface area contributed by atoms with Gasteiger partial charge in [0.05, 0.1) is 0 Å². The molecule has 0 N–H and O–H groups in total. The van der Waals surface area contributed by atoms with Crippen LogP contribution in [-0.4, -0.2) is 29.3 Å². The second kappa shape index (κ2) is 3.77. The number of hydrogen-bond acceptors (Lipinski definition) is 4. The molecule has 3 heterocycles. The quantitative estimate of drug-likeness (QED) is 0.698. The number of nitrogens with zero attached hydrogens (tertiary/aromatic N) is 6. The molecule has 0 bridgehead atoms. The van der Waals surface area contributed by atoms with Gasteiger partial charge in [0.2, 0.25) is 0 Å². The fourth-order valence-electron chi connectivity index (χ4n) is 1.65. The highest BCUT2D eigenvalue weighted by Gasteiger charge is 2.33. The Labute approximate surface area is 103 Å². The van der Waals surface area contributed by atoms with Crippen LogP contribution in [0.1, 0.15) is 0 Å². The second-order valence-electron chi connectivity index (χ2n) is 3.45. The van der Waals surface area contributed by atoms with Gasteiger partial charge in [-0.25, -0.2) is 14.0 Å². The van der Waals surface area contributed by atoms with E-state index >= 15 is 0 Å². The van der Waals surface area contributed by atoms with E-state index in [1.54, 1.807) is 32.6 Å². The van der Waals surface area contributed by atoms with Crippen LogP contribution in [0.2, 0.25) is 0 Å². The molecule has 0 saturated heterocycles. The Balaban J connectivity index is 2.21. The molecule has 0 aliphatic rings. The summed E-state index contributed by atoms with van der Waals surface area (Å²) in [6.45, 7) is 0. The van der Waals surface area contributed by atoms with Gasteiger partial charge in [-0.1, -0.05) is 0 Å². The fraction of sp³-hybridized carbons (Fsp3) is 0.100. The predicted molar refractivity (Wildman–Crippen MR) is 64.4 cm³/mol. The van der Waals surface area contributed by atoms with Crippen molar-refractivity contribution in [2.24, 2.45) is 0 Å². The maximum Gasteiger partial charge on any atom is 0.297 e. The molecule has 7 heteroatoms.